The molecule has 0 bridgehead atoms. The zero-order valence-corrected chi connectivity index (χ0v) is 12.0. The molecule has 1 atom stereocenters. The molecule has 0 spiro atoms. The molecule has 1 N–H and O–H groups in total. The molecule has 2 rings (SSSR count). The second-order valence-electron chi connectivity index (χ2n) is 4.54. The molecule has 0 saturated heterocycles. The van der Waals surface area contributed by atoms with Crippen LogP contribution in [0.3, 0.4) is 0 Å². The molecule has 0 aliphatic heterocycles. The largest absolute Gasteiger partial charge is 0.443 e. The van der Waals surface area contributed by atoms with E-state index in [-0.39, 0.29) is 6.04 Å². The van der Waals surface area contributed by atoms with Crippen LogP contribution in [0.4, 0.5) is 13.2 Å². The van der Waals surface area contributed by atoms with Gasteiger partial charge in [-0.2, -0.15) is 13.2 Å². The van der Waals surface area contributed by atoms with Crippen LogP contribution in [0.25, 0.3) is 0 Å². The van der Waals surface area contributed by atoms with Crippen LogP contribution in [-0.4, -0.2) is 12.0 Å². The molecular formula is C14H15F3N2S. The van der Waals surface area contributed by atoms with Crippen LogP contribution < -0.4 is 5.32 Å². The maximum Gasteiger partial charge on any atom is 0.443 e. The molecule has 1 aromatic heterocycles. The third-order valence-electron chi connectivity index (χ3n) is 3.14. The number of likely N-dealkylation sites (N-methyl/N-ethyl adjacent to an activating group) is 1. The quantitative estimate of drug-likeness (QED) is 0.924. The number of benzene rings is 1. The van der Waals surface area contributed by atoms with Crippen LogP contribution in [0, 0.1) is 6.92 Å². The van der Waals surface area contributed by atoms with Gasteiger partial charge in [-0.05, 0) is 31.5 Å². The average Bonchev–Trinajstić information content (AvgIpc) is 2.87. The molecule has 1 unspecified atom stereocenters. The zero-order chi connectivity index (χ0) is 14.8. The minimum Gasteiger partial charge on any atom is -0.312 e. The fourth-order valence-corrected chi connectivity index (χ4v) is 2.88. The first kappa shape index (κ1) is 15.0. The summed E-state index contributed by atoms with van der Waals surface area (Å²) in [4.78, 5) is 4.07. The summed E-state index contributed by atoms with van der Waals surface area (Å²) in [6.45, 7) is 2.00. The third kappa shape index (κ3) is 3.37. The first-order chi connectivity index (χ1) is 9.41. The van der Waals surface area contributed by atoms with E-state index in [2.05, 4.69) is 10.3 Å². The Bertz CT molecular complexity index is 578. The molecule has 2 nitrogen and oxygen atoms in total. The van der Waals surface area contributed by atoms with E-state index in [1.165, 1.54) is 6.20 Å². The molecule has 0 saturated carbocycles. The second kappa shape index (κ2) is 5.93. The topological polar surface area (TPSA) is 24.9 Å². The molecule has 0 aliphatic carbocycles. The number of rotatable bonds is 4. The van der Waals surface area contributed by atoms with Gasteiger partial charge < -0.3 is 5.32 Å². The Hall–Kier alpha value is -1.40. The van der Waals surface area contributed by atoms with E-state index < -0.39 is 11.2 Å². The van der Waals surface area contributed by atoms with Crippen molar-refractivity contribution in [2.75, 3.05) is 7.05 Å². The van der Waals surface area contributed by atoms with E-state index >= 15 is 0 Å². The molecule has 6 heteroatoms. The van der Waals surface area contributed by atoms with Crippen LogP contribution in [0.1, 0.15) is 27.1 Å². The predicted octanol–water partition coefficient (Wildman–Crippen LogP) is 3.97. The zero-order valence-electron chi connectivity index (χ0n) is 11.2. The van der Waals surface area contributed by atoms with Gasteiger partial charge in [-0.1, -0.05) is 24.3 Å². The van der Waals surface area contributed by atoms with Crippen molar-refractivity contribution in [1.29, 1.82) is 0 Å². The number of halogens is 3. The smallest absolute Gasteiger partial charge is 0.312 e. The Morgan fingerprint density at radius 2 is 2.00 bits per heavy atom. The normalized spacial score (nSPS) is 13.4. The van der Waals surface area contributed by atoms with Gasteiger partial charge in [-0.15, -0.1) is 11.3 Å². The van der Waals surface area contributed by atoms with Crippen molar-refractivity contribution in [1.82, 2.24) is 10.3 Å². The number of nitrogens with one attached hydrogen (secondary N) is 1. The molecule has 108 valence electrons. The number of thiazole rings is 1. The van der Waals surface area contributed by atoms with Gasteiger partial charge in [0.15, 0.2) is 5.01 Å². The number of hydrogen-bond donors (Lipinski definition) is 1. The van der Waals surface area contributed by atoms with Gasteiger partial charge in [0.05, 0.1) is 0 Å². The monoisotopic (exact) mass is 300 g/mol. The van der Waals surface area contributed by atoms with Crippen molar-refractivity contribution < 1.29 is 13.2 Å². The molecule has 0 fully saturated rings. The molecule has 1 aromatic carbocycles. The lowest BCUT2D eigenvalue weighted by molar-refractivity contribution is -0.137. The Kier molecular flexibility index (Phi) is 4.45. The Balaban J connectivity index is 2.21. The van der Waals surface area contributed by atoms with Gasteiger partial charge in [0.2, 0.25) is 0 Å². The highest BCUT2D eigenvalue weighted by atomic mass is 32.1. The molecule has 0 amide bonds. The van der Waals surface area contributed by atoms with E-state index in [9.17, 15) is 13.2 Å². The Labute approximate surface area is 119 Å². The van der Waals surface area contributed by atoms with Crippen molar-refractivity contribution in [3.63, 3.8) is 0 Å². The van der Waals surface area contributed by atoms with Gasteiger partial charge in [0, 0.05) is 17.1 Å². The highest BCUT2D eigenvalue weighted by Crippen LogP contribution is 2.35. The van der Waals surface area contributed by atoms with E-state index in [1.807, 2.05) is 31.2 Å². The summed E-state index contributed by atoms with van der Waals surface area (Å²) < 4.78 is 37.8. The van der Waals surface area contributed by atoms with Crippen LogP contribution in [0.15, 0.2) is 30.5 Å². The number of nitrogens with zero attached hydrogens (tertiary/aromatic N) is 1. The van der Waals surface area contributed by atoms with Gasteiger partial charge in [-0.25, -0.2) is 4.98 Å². The molecule has 0 aliphatic rings. The molecule has 1 heterocycles. The highest BCUT2D eigenvalue weighted by molar-refractivity contribution is 7.11. The fraction of sp³-hybridized carbons (Fsp3) is 0.357. The summed E-state index contributed by atoms with van der Waals surface area (Å²) in [5.74, 6) is 0. The SMILES string of the molecule is CNC(Cc1ccccc1C)c1cnc(C(F)(F)F)s1. The lowest BCUT2D eigenvalue weighted by atomic mass is 10.0. The fourth-order valence-electron chi connectivity index (χ4n) is 1.98. The summed E-state index contributed by atoms with van der Waals surface area (Å²) in [5.41, 5.74) is 2.25. The lowest BCUT2D eigenvalue weighted by Gasteiger charge is -2.15. The van der Waals surface area contributed by atoms with E-state index in [0.717, 1.165) is 11.1 Å². The van der Waals surface area contributed by atoms with Crippen LogP contribution in [0.5, 0.6) is 0 Å². The summed E-state index contributed by atoms with van der Waals surface area (Å²) >= 11 is 0.699. The Morgan fingerprint density at radius 3 is 2.55 bits per heavy atom. The van der Waals surface area contributed by atoms with Gasteiger partial charge in [-0.3, -0.25) is 0 Å². The molecule has 2 aromatic rings. The number of aryl methyl sites for hydroxylation is 1. The summed E-state index contributed by atoms with van der Waals surface area (Å²) in [6.07, 6.45) is -2.42. The molecule has 20 heavy (non-hydrogen) atoms. The minimum absolute atomic E-state index is 0.162. The minimum atomic E-state index is -4.37. The van der Waals surface area contributed by atoms with Gasteiger partial charge >= 0.3 is 6.18 Å². The van der Waals surface area contributed by atoms with Crippen molar-refractivity contribution >= 4 is 11.3 Å². The summed E-state index contributed by atoms with van der Waals surface area (Å²) in [7, 11) is 1.75. The maximum atomic E-state index is 12.6. The van der Waals surface area contributed by atoms with Gasteiger partial charge in [0.25, 0.3) is 0 Å². The van der Waals surface area contributed by atoms with Crippen molar-refractivity contribution in [3.05, 3.63) is 51.5 Å². The van der Waals surface area contributed by atoms with Crippen molar-refractivity contribution in [3.8, 4) is 0 Å². The summed E-state index contributed by atoms with van der Waals surface area (Å²) in [6, 6.07) is 7.70. The van der Waals surface area contributed by atoms with Crippen molar-refractivity contribution in [2.24, 2.45) is 0 Å². The van der Waals surface area contributed by atoms with Crippen LogP contribution in [-0.2, 0) is 12.6 Å². The summed E-state index contributed by atoms with van der Waals surface area (Å²) in [5, 5.41) is 2.27. The molecule has 0 radical (unpaired) electrons. The molecular weight excluding hydrogens is 285 g/mol. The van der Waals surface area contributed by atoms with E-state index in [4.69, 9.17) is 0 Å². The maximum absolute atomic E-state index is 12.6. The second-order valence-corrected chi connectivity index (χ2v) is 5.60. The first-order valence-electron chi connectivity index (χ1n) is 6.16. The Morgan fingerprint density at radius 1 is 1.30 bits per heavy atom. The number of aromatic nitrogens is 1. The lowest BCUT2D eigenvalue weighted by Crippen LogP contribution is -2.18. The van der Waals surface area contributed by atoms with Gasteiger partial charge in [0.1, 0.15) is 0 Å². The third-order valence-corrected chi connectivity index (χ3v) is 4.30. The average molecular weight is 300 g/mol. The first-order valence-corrected chi connectivity index (χ1v) is 6.98. The van der Waals surface area contributed by atoms with E-state index in [1.54, 1.807) is 7.05 Å². The number of hydrogen-bond acceptors (Lipinski definition) is 3. The van der Waals surface area contributed by atoms with Crippen LogP contribution in [0.2, 0.25) is 0 Å². The van der Waals surface area contributed by atoms with Crippen molar-refractivity contribution in [2.45, 2.75) is 25.6 Å². The number of alkyl halides is 3. The standard InChI is InChI=1S/C14H15F3N2S/c1-9-5-3-4-6-10(9)7-11(18-2)12-8-19-13(20-12)14(15,16)17/h3-6,8,11,18H,7H2,1-2H3. The predicted molar refractivity (Wildman–Crippen MR) is 73.8 cm³/mol. The van der Waals surface area contributed by atoms with E-state index in [0.29, 0.717) is 22.6 Å². The van der Waals surface area contributed by atoms with Crippen LogP contribution >= 0.6 is 11.3 Å². The highest BCUT2D eigenvalue weighted by Gasteiger charge is 2.35.